The Labute approximate surface area is 143 Å². The quantitative estimate of drug-likeness (QED) is 0.449. The fourth-order valence-electron chi connectivity index (χ4n) is 3.03. The van der Waals surface area contributed by atoms with E-state index >= 15 is 0 Å². The number of fused-ring (bicyclic) bond motifs is 1. The van der Waals surface area contributed by atoms with Crippen LogP contribution in [0, 0.1) is 10.1 Å². The molecule has 0 bridgehead atoms. The fourth-order valence-corrected chi connectivity index (χ4v) is 3.03. The third kappa shape index (κ3) is 2.55. The standard InChI is InChI=1S/C17H12BN3O4/c18-10-3-5-11(6-4-10)20-16(17(22)23)13-7-12(9-1-2-9)15(21(24)25)8-14(13)19-20/h3-9H,1-2H2,(H,22,23). The molecule has 1 fully saturated rings. The maximum atomic E-state index is 11.8. The number of aromatic carboxylic acids is 1. The summed E-state index contributed by atoms with van der Waals surface area (Å²) in [6.07, 6.45) is 1.75. The Bertz CT molecular complexity index is 1020. The van der Waals surface area contributed by atoms with Crippen LogP contribution in [0.1, 0.15) is 34.8 Å². The molecule has 1 heterocycles. The molecule has 122 valence electrons. The molecular weight excluding hydrogens is 321 g/mol. The molecule has 0 unspecified atom stereocenters. The normalized spacial score (nSPS) is 13.9. The van der Waals surface area contributed by atoms with Crippen LogP contribution in [0.4, 0.5) is 5.69 Å². The summed E-state index contributed by atoms with van der Waals surface area (Å²) in [5.41, 5.74) is 1.91. The number of hydrogen-bond acceptors (Lipinski definition) is 4. The Morgan fingerprint density at radius 2 is 1.96 bits per heavy atom. The molecule has 1 aliphatic carbocycles. The van der Waals surface area contributed by atoms with Crippen molar-refractivity contribution < 1.29 is 14.8 Å². The van der Waals surface area contributed by atoms with Gasteiger partial charge in [-0.1, -0.05) is 17.6 Å². The third-order valence-electron chi connectivity index (χ3n) is 4.37. The highest BCUT2D eigenvalue weighted by Gasteiger charge is 2.33. The van der Waals surface area contributed by atoms with Crippen LogP contribution in [0.3, 0.4) is 0 Å². The zero-order chi connectivity index (χ0) is 17.7. The number of nitro groups is 1. The lowest BCUT2D eigenvalue weighted by atomic mass is 9.96. The molecular formula is C17H12BN3O4. The van der Waals surface area contributed by atoms with Crippen molar-refractivity contribution in [3.05, 3.63) is 57.8 Å². The van der Waals surface area contributed by atoms with E-state index in [1.54, 1.807) is 30.3 Å². The number of carbonyl (C=O) groups is 1. The summed E-state index contributed by atoms with van der Waals surface area (Å²) in [6, 6.07) is 9.57. The van der Waals surface area contributed by atoms with Crippen molar-refractivity contribution in [1.82, 2.24) is 9.78 Å². The summed E-state index contributed by atoms with van der Waals surface area (Å²) in [4.78, 5) is 22.8. The van der Waals surface area contributed by atoms with E-state index in [1.165, 1.54) is 10.7 Å². The molecule has 0 atom stereocenters. The van der Waals surface area contributed by atoms with Crippen LogP contribution in [-0.4, -0.2) is 33.6 Å². The Hall–Kier alpha value is -3.16. The first-order chi connectivity index (χ1) is 12.0. The fraction of sp³-hybridized carbons (Fsp3) is 0.176. The second-order valence-corrected chi connectivity index (χ2v) is 6.12. The predicted octanol–water partition coefficient (Wildman–Crippen LogP) is 2.30. The number of nitrogens with zero attached hydrogens (tertiary/aromatic N) is 3. The van der Waals surface area contributed by atoms with Crippen LogP contribution in [0.15, 0.2) is 36.4 Å². The van der Waals surface area contributed by atoms with Crippen LogP contribution in [0.25, 0.3) is 16.6 Å². The van der Waals surface area contributed by atoms with Gasteiger partial charge in [0.1, 0.15) is 13.4 Å². The molecule has 0 spiro atoms. The summed E-state index contributed by atoms with van der Waals surface area (Å²) >= 11 is 0. The number of carboxylic acids is 1. The minimum absolute atomic E-state index is 0.00565. The minimum Gasteiger partial charge on any atom is -0.476 e. The van der Waals surface area contributed by atoms with Crippen molar-refractivity contribution >= 4 is 35.9 Å². The Morgan fingerprint density at radius 1 is 1.28 bits per heavy atom. The second kappa shape index (κ2) is 5.44. The van der Waals surface area contributed by atoms with Crippen molar-refractivity contribution in [2.45, 2.75) is 18.8 Å². The van der Waals surface area contributed by atoms with E-state index in [2.05, 4.69) is 5.10 Å². The average molecular weight is 333 g/mol. The summed E-state index contributed by atoms with van der Waals surface area (Å²) in [5, 5.41) is 25.7. The zero-order valence-corrected chi connectivity index (χ0v) is 13.0. The van der Waals surface area contributed by atoms with E-state index in [-0.39, 0.29) is 22.8 Å². The zero-order valence-electron chi connectivity index (χ0n) is 13.0. The Kier molecular flexibility index (Phi) is 3.35. The lowest BCUT2D eigenvalue weighted by molar-refractivity contribution is -0.385. The van der Waals surface area contributed by atoms with Gasteiger partial charge in [0.05, 0.1) is 10.6 Å². The maximum absolute atomic E-state index is 11.8. The summed E-state index contributed by atoms with van der Waals surface area (Å²) in [7, 11) is 5.67. The molecule has 1 saturated carbocycles. The van der Waals surface area contributed by atoms with Crippen molar-refractivity contribution in [1.29, 1.82) is 0 Å². The molecule has 1 aromatic heterocycles. The summed E-state index contributed by atoms with van der Waals surface area (Å²) < 4.78 is 1.28. The minimum atomic E-state index is -1.14. The third-order valence-corrected chi connectivity index (χ3v) is 4.37. The molecule has 4 rings (SSSR count). The van der Waals surface area contributed by atoms with E-state index in [4.69, 9.17) is 7.85 Å². The van der Waals surface area contributed by atoms with Crippen LogP contribution < -0.4 is 5.46 Å². The van der Waals surface area contributed by atoms with Gasteiger partial charge in [-0.2, -0.15) is 5.10 Å². The first kappa shape index (κ1) is 15.4. The van der Waals surface area contributed by atoms with Crippen molar-refractivity contribution in [3.63, 3.8) is 0 Å². The van der Waals surface area contributed by atoms with Crippen LogP contribution >= 0.6 is 0 Å². The Balaban J connectivity index is 2.01. The SMILES string of the molecule is [B]c1ccc(-n2nc3cc([N+](=O)[O-])c(C4CC4)cc3c2C(=O)O)cc1. The lowest BCUT2D eigenvalue weighted by Gasteiger charge is -2.05. The molecule has 3 aromatic rings. The molecule has 2 aromatic carbocycles. The summed E-state index contributed by atoms with van der Waals surface area (Å²) in [5.74, 6) is -1.03. The lowest BCUT2D eigenvalue weighted by Crippen LogP contribution is -2.09. The van der Waals surface area contributed by atoms with Gasteiger partial charge in [-0.25, -0.2) is 9.48 Å². The van der Waals surface area contributed by atoms with E-state index in [0.29, 0.717) is 22.1 Å². The highest BCUT2D eigenvalue weighted by Crippen LogP contribution is 2.45. The van der Waals surface area contributed by atoms with Gasteiger partial charge in [-0.05, 0) is 37.0 Å². The second-order valence-electron chi connectivity index (χ2n) is 6.12. The maximum Gasteiger partial charge on any atom is 0.355 e. The first-order valence-corrected chi connectivity index (χ1v) is 7.76. The number of carboxylic acid groups (broad SMARTS) is 1. The van der Waals surface area contributed by atoms with Gasteiger partial charge in [0.2, 0.25) is 0 Å². The molecule has 25 heavy (non-hydrogen) atoms. The molecule has 0 aliphatic heterocycles. The average Bonchev–Trinajstić information content (AvgIpc) is 3.34. The number of benzene rings is 2. The van der Waals surface area contributed by atoms with Crippen molar-refractivity contribution in [2.75, 3.05) is 0 Å². The van der Waals surface area contributed by atoms with E-state index < -0.39 is 10.9 Å². The van der Waals surface area contributed by atoms with Crippen molar-refractivity contribution in [3.8, 4) is 5.69 Å². The van der Waals surface area contributed by atoms with Crippen LogP contribution in [0.5, 0.6) is 0 Å². The number of hydrogen-bond donors (Lipinski definition) is 1. The summed E-state index contributed by atoms with van der Waals surface area (Å²) in [6.45, 7) is 0. The molecule has 8 heteroatoms. The van der Waals surface area contributed by atoms with Crippen LogP contribution in [-0.2, 0) is 0 Å². The number of aromatic nitrogens is 2. The smallest absolute Gasteiger partial charge is 0.355 e. The highest BCUT2D eigenvalue weighted by molar-refractivity contribution is 6.32. The first-order valence-electron chi connectivity index (χ1n) is 7.76. The molecule has 1 aliphatic rings. The van der Waals surface area contributed by atoms with Crippen molar-refractivity contribution in [2.24, 2.45) is 0 Å². The molecule has 0 saturated heterocycles. The Morgan fingerprint density at radius 3 is 2.52 bits per heavy atom. The van der Waals surface area contributed by atoms with Gasteiger partial charge >= 0.3 is 5.97 Å². The largest absolute Gasteiger partial charge is 0.476 e. The van der Waals surface area contributed by atoms with E-state index in [1.807, 2.05) is 0 Å². The van der Waals surface area contributed by atoms with E-state index in [0.717, 1.165) is 12.8 Å². The molecule has 0 amide bonds. The number of nitro benzene ring substituents is 1. The van der Waals surface area contributed by atoms with Crippen LogP contribution in [0.2, 0.25) is 0 Å². The monoisotopic (exact) mass is 333 g/mol. The van der Waals surface area contributed by atoms with Gasteiger partial charge in [0.15, 0.2) is 5.69 Å². The molecule has 1 N–H and O–H groups in total. The van der Waals surface area contributed by atoms with E-state index in [9.17, 15) is 20.0 Å². The molecule has 2 radical (unpaired) electrons. The van der Waals surface area contributed by atoms with Gasteiger partial charge in [0.25, 0.3) is 5.69 Å². The predicted molar refractivity (Wildman–Crippen MR) is 92.0 cm³/mol. The highest BCUT2D eigenvalue weighted by atomic mass is 16.6. The topological polar surface area (TPSA) is 98.3 Å². The van der Waals surface area contributed by atoms with Gasteiger partial charge in [-0.15, -0.1) is 0 Å². The van der Waals surface area contributed by atoms with Gasteiger partial charge in [0, 0.05) is 17.0 Å². The van der Waals surface area contributed by atoms with Gasteiger partial charge in [-0.3, -0.25) is 10.1 Å². The van der Waals surface area contributed by atoms with Gasteiger partial charge < -0.3 is 5.11 Å². The molecule has 7 nitrogen and oxygen atoms in total. The number of rotatable bonds is 4.